The van der Waals surface area contributed by atoms with E-state index in [9.17, 15) is 0 Å². The Morgan fingerprint density at radius 3 is 2.67 bits per heavy atom. The molecule has 80 valence electrons. The van der Waals surface area contributed by atoms with Gasteiger partial charge in [0.25, 0.3) is 0 Å². The fourth-order valence-corrected chi connectivity index (χ4v) is 2.38. The van der Waals surface area contributed by atoms with Gasteiger partial charge in [-0.3, -0.25) is 0 Å². The summed E-state index contributed by atoms with van der Waals surface area (Å²) < 4.78 is 0. The van der Waals surface area contributed by atoms with Gasteiger partial charge < -0.3 is 0 Å². The van der Waals surface area contributed by atoms with Crippen molar-refractivity contribution in [1.82, 2.24) is 0 Å². The largest absolute Gasteiger partial charge is 0.0839 e. The molecule has 0 bridgehead atoms. The summed E-state index contributed by atoms with van der Waals surface area (Å²) >= 11 is 0. The van der Waals surface area contributed by atoms with E-state index in [0.29, 0.717) is 5.92 Å². The van der Waals surface area contributed by atoms with Crippen LogP contribution in [0.3, 0.4) is 0 Å². The maximum absolute atomic E-state index is 2.34. The van der Waals surface area contributed by atoms with Crippen molar-refractivity contribution in [3.05, 3.63) is 47.1 Å². The molecule has 0 N–H and O–H groups in total. The van der Waals surface area contributed by atoms with E-state index in [1.54, 1.807) is 16.7 Å². The zero-order valence-electron chi connectivity index (χ0n) is 9.79. The van der Waals surface area contributed by atoms with E-state index in [-0.39, 0.29) is 0 Å². The summed E-state index contributed by atoms with van der Waals surface area (Å²) in [7, 11) is 0. The number of allylic oxidation sites excluding steroid dienone is 8. The zero-order chi connectivity index (χ0) is 10.7. The van der Waals surface area contributed by atoms with Crippen molar-refractivity contribution < 1.29 is 0 Å². The minimum absolute atomic E-state index is 0.706. The van der Waals surface area contributed by atoms with Crippen LogP contribution >= 0.6 is 0 Å². The summed E-state index contributed by atoms with van der Waals surface area (Å²) in [5.74, 6) is 0.706. The molecule has 1 unspecified atom stereocenters. The van der Waals surface area contributed by atoms with Gasteiger partial charge in [-0.2, -0.15) is 0 Å². The van der Waals surface area contributed by atoms with Gasteiger partial charge in [-0.25, -0.2) is 0 Å². The first-order valence-corrected chi connectivity index (χ1v) is 6.07. The molecule has 0 saturated heterocycles. The predicted molar refractivity (Wildman–Crippen MR) is 66.7 cm³/mol. The van der Waals surface area contributed by atoms with Gasteiger partial charge in [0.1, 0.15) is 0 Å². The van der Waals surface area contributed by atoms with Crippen LogP contribution in [0, 0.1) is 5.92 Å². The Morgan fingerprint density at radius 2 is 2.07 bits per heavy atom. The third kappa shape index (κ3) is 2.31. The molecule has 0 amide bonds. The molecule has 2 rings (SSSR count). The van der Waals surface area contributed by atoms with E-state index in [1.165, 1.54) is 25.7 Å². The summed E-state index contributed by atoms with van der Waals surface area (Å²) in [5.41, 5.74) is 4.71. The van der Waals surface area contributed by atoms with E-state index >= 15 is 0 Å². The molecule has 0 heteroatoms. The second-order valence-electron chi connectivity index (χ2n) is 4.56. The fourth-order valence-electron chi connectivity index (χ4n) is 2.38. The molecule has 2 aliphatic rings. The highest BCUT2D eigenvalue weighted by molar-refractivity contribution is 5.42. The lowest BCUT2D eigenvalue weighted by Crippen LogP contribution is -2.06. The van der Waals surface area contributed by atoms with Crippen molar-refractivity contribution in [1.29, 1.82) is 0 Å². The lowest BCUT2D eigenvalue weighted by molar-refractivity contribution is 0.679. The van der Waals surface area contributed by atoms with Crippen molar-refractivity contribution in [2.45, 2.75) is 39.5 Å². The average molecular weight is 200 g/mol. The van der Waals surface area contributed by atoms with E-state index in [1.807, 2.05) is 0 Å². The Balaban J connectivity index is 2.18. The van der Waals surface area contributed by atoms with E-state index in [0.717, 1.165) is 0 Å². The van der Waals surface area contributed by atoms with Gasteiger partial charge >= 0.3 is 0 Å². The molecule has 0 aromatic rings. The molecule has 15 heavy (non-hydrogen) atoms. The quantitative estimate of drug-likeness (QED) is 0.612. The van der Waals surface area contributed by atoms with Gasteiger partial charge in [-0.15, -0.1) is 0 Å². The molecule has 0 radical (unpaired) electrons. The minimum atomic E-state index is 0.706. The van der Waals surface area contributed by atoms with E-state index in [2.05, 4.69) is 44.2 Å². The molecule has 0 saturated carbocycles. The standard InChI is InChI=1S/C15H20/c1-3-13-8-10-14(11-9-13)15-7-5-4-6-12(15)2/h4-5,7-8,10,12H,3,6,9,11H2,1-2H3. The Labute approximate surface area is 93.1 Å². The minimum Gasteiger partial charge on any atom is -0.0839 e. The average Bonchev–Trinajstić information content (AvgIpc) is 2.30. The summed E-state index contributed by atoms with van der Waals surface area (Å²) in [6.07, 6.45) is 16.3. The first kappa shape index (κ1) is 10.5. The van der Waals surface area contributed by atoms with Crippen molar-refractivity contribution >= 4 is 0 Å². The zero-order valence-corrected chi connectivity index (χ0v) is 9.79. The third-order valence-corrected chi connectivity index (χ3v) is 3.49. The number of hydrogen-bond donors (Lipinski definition) is 0. The molecule has 0 aromatic carbocycles. The highest BCUT2D eigenvalue weighted by atomic mass is 14.2. The van der Waals surface area contributed by atoms with Gasteiger partial charge in [0, 0.05) is 0 Å². The van der Waals surface area contributed by atoms with Crippen LogP contribution in [0.15, 0.2) is 47.1 Å². The number of rotatable bonds is 2. The Bertz CT molecular complexity index is 350. The first-order chi connectivity index (χ1) is 7.31. The lowest BCUT2D eigenvalue weighted by atomic mass is 9.83. The van der Waals surface area contributed by atoms with Gasteiger partial charge in [-0.05, 0) is 42.7 Å². The Hall–Kier alpha value is -1.04. The van der Waals surface area contributed by atoms with Crippen LogP contribution in [0.25, 0.3) is 0 Å². The Morgan fingerprint density at radius 1 is 1.20 bits per heavy atom. The van der Waals surface area contributed by atoms with Crippen LogP contribution in [0.4, 0.5) is 0 Å². The summed E-state index contributed by atoms with van der Waals surface area (Å²) in [6.45, 7) is 4.57. The smallest absolute Gasteiger partial charge is 0.0153 e. The normalized spacial score (nSPS) is 25.7. The molecule has 0 heterocycles. The highest BCUT2D eigenvalue weighted by Crippen LogP contribution is 2.32. The van der Waals surface area contributed by atoms with Crippen LogP contribution in [-0.4, -0.2) is 0 Å². The molecular weight excluding hydrogens is 180 g/mol. The molecule has 0 nitrogen and oxygen atoms in total. The molecule has 0 spiro atoms. The SMILES string of the molecule is CCC1=CC=C(C2=CC=CCC2C)CC1. The number of hydrogen-bond acceptors (Lipinski definition) is 0. The van der Waals surface area contributed by atoms with Crippen LogP contribution in [0.2, 0.25) is 0 Å². The van der Waals surface area contributed by atoms with Gasteiger partial charge in [-0.1, -0.05) is 49.8 Å². The maximum atomic E-state index is 2.34. The van der Waals surface area contributed by atoms with Crippen LogP contribution in [0.1, 0.15) is 39.5 Å². The molecule has 0 aromatic heterocycles. The van der Waals surface area contributed by atoms with Gasteiger partial charge in [0.2, 0.25) is 0 Å². The molecule has 1 atom stereocenters. The second kappa shape index (κ2) is 4.65. The molecule has 2 aliphatic carbocycles. The van der Waals surface area contributed by atoms with Crippen LogP contribution in [0.5, 0.6) is 0 Å². The summed E-state index contributed by atoms with van der Waals surface area (Å²) in [6, 6.07) is 0. The van der Waals surface area contributed by atoms with Crippen LogP contribution in [-0.2, 0) is 0 Å². The topological polar surface area (TPSA) is 0 Å². The Kier molecular flexibility index (Phi) is 3.25. The predicted octanol–water partition coefficient (Wildman–Crippen LogP) is 4.57. The van der Waals surface area contributed by atoms with Crippen LogP contribution < -0.4 is 0 Å². The summed E-state index contributed by atoms with van der Waals surface area (Å²) in [4.78, 5) is 0. The fraction of sp³-hybridized carbons (Fsp3) is 0.467. The molecule has 0 fully saturated rings. The molecule has 0 aliphatic heterocycles. The van der Waals surface area contributed by atoms with Gasteiger partial charge in [0.05, 0.1) is 0 Å². The van der Waals surface area contributed by atoms with E-state index in [4.69, 9.17) is 0 Å². The maximum Gasteiger partial charge on any atom is -0.0153 e. The van der Waals surface area contributed by atoms with E-state index < -0.39 is 0 Å². The van der Waals surface area contributed by atoms with Crippen molar-refractivity contribution in [2.24, 2.45) is 5.92 Å². The third-order valence-electron chi connectivity index (χ3n) is 3.49. The summed E-state index contributed by atoms with van der Waals surface area (Å²) in [5, 5.41) is 0. The monoisotopic (exact) mass is 200 g/mol. The second-order valence-corrected chi connectivity index (χ2v) is 4.56. The first-order valence-electron chi connectivity index (χ1n) is 6.07. The highest BCUT2D eigenvalue weighted by Gasteiger charge is 2.15. The van der Waals surface area contributed by atoms with Gasteiger partial charge in [0.15, 0.2) is 0 Å². The van der Waals surface area contributed by atoms with Crippen molar-refractivity contribution in [2.75, 3.05) is 0 Å². The molecular formula is C15H20. The lowest BCUT2D eigenvalue weighted by Gasteiger charge is -2.22. The van der Waals surface area contributed by atoms with Crippen molar-refractivity contribution in [3.8, 4) is 0 Å². The van der Waals surface area contributed by atoms with Crippen molar-refractivity contribution in [3.63, 3.8) is 0 Å².